The summed E-state index contributed by atoms with van der Waals surface area (Å²) in [6, 6.07) is 17.3. The Bertz CT molecular complexity index is 986. The Morgan fingerprint density at radius 3 is 2.85 bits per heavy atom. The molecule has 1 aromatic heterocycles. The Morgan fingerprint density at radius 1 is 1.15 bits per heavy atom. The number of fused-ring (bicyclic) bond motifs is 1. The maximum atomic E-state index is 12.9. The molecule has 4 rings (SSSR count). The highest BCUT2D eigenvalue weighted by atomic mass is 35.5. The van der Waals surface area contributed by atoms with Crippen molar-refractivity contribution in [2.45, 2.75) is 13.3 Å². The second-order valence-corrected chi connectivity index (χ2v) is 6.79. The van der Waals surface area contributed by atoms with Gasteiger partial charge >= 0.3 is 0 Å². The van der Waals surface area contributed by atoms with Gasteiger partial charge in [0, 0.05) is 34.8 Å². The second-order valence-electron chi connectivity index (χ2n) is 6.35. The predicted molar refractivity (Wildman–Crippen MR) is 106 cm³/mol. The standard InChI is InChI=1S/C21H18ClN3O/c1-14-12-16(22)6-7-18(14)24-17-8-10-23-19(13-17)21(26)25-11-9-15-4-2-3-5-20(15)25/h2-8,10,12-13H,9,11H2,1H3,(H,23,24). The largest absolute Gasteiger partial charge is 0.355 e. The summed E-state index contributed by atoms with van der Waals surface area (Å²) >= 11 is 6.01. The lowest BCUT2D eigenvalue weighted by Crippen LogP contribution is -2.29. The Labute approximate surface area is 157 Å². The van der Waals surface area contributed by atoms with Gasteiger partial charge in [0.2, 0.25) is 0 Å². The van der Waals surface area contributed by atoms with Crippen molar-refractivity contribution in [1.82, 2.24) is 4.98 Å². The lowest BCUT2D eigenvalue weighted by molar-refractivity contribution is 0.0984. The van der Waals surface area contributed by atoms with E-state index in [1.165, 1.54) is 5.56 Å². The van der Waals surface area contributed by atoms with Crippen molar-refractivity contribution >= 4 is 34.6 Å². The van der Waals surface area contributed by atoms with E-state index in [0.29, 0.717) is 17.3 Å². The van der Waals surface area contributed by atoms with Crippen molar-refractivity contribution in [1.29, 1.82) is 0 Å². The molecular weight excluding hydrogens is 346 g/mol. The number of halogens is 1. The molecule has 0 aliphatic carbocycles. The van der Waals surface area contributed by atoms with E-state index in [1.54, 1.807) is 17.2 Å². The molecule has 0 fully saturated rings. The van der Waals surface area contributed by atoms with E-state index in [9.17, 15) is 4.79 Å². The normalized spacial score (nSPS) is 12.8. The van der Waals surface area contributed by atoms with Crippen LogP contribution in [-0.4, -0.2) is 17.4 Å². The fourth-order valence-electron chi connectivity index (χ4n) is 3.24. The Hall–Kier alpha value is -2.85. The molecule has 0 atom stereocenters. The van der Waals surface area contributed by atoms with Crippen molar-refractivity contribution in [3.63, 3.8) is 0 Å². The molecule has 0 radical (unpaired) electrons. The van der Waals surface area contributed by atoms with Gasteiger partial charge < -0.3 is 10.2 Å². The minimum atomic E-state index is -0.0774. The van der Waals surface area contributed by atoms with Gasteiger partial charge in [-0.15, -0.1) is 0 Å². The van der Waals surface area contributed by atoms with E-state index < -0.39 is 0 Å². The number of nitrogens with zero attached hydrogens (tertiary/aromatic N) is 2. The summed E-state index contributed by atoms with van der Waals surface area (Å²) in [6.07, 6.45) is 2.53. The summed E-state index contributed by atoms with van der Waals surface area (Å²) in [7, 11) is 0. The van der Waals surface area contributed by atoms with Crippen LogP contribution in [0.4, 0.5) is 17.1 Å². The third-order valence-electron chi connectivity index (χ3n) is 4.58. The van der Waals surface area contributed by atoms with Crippen LogP contribution in [-0.2, 0) is 6.42 Å². The maximum Gasteiger partial charge on any atom is 0.276 e. The molecule has 4 nitrogen and oxygen atoms in total. The van der Waals surface area contributed by atoms with E-state index in [-0.39, 0.29) is 5.91 Å². The molecule has 2 heterocycles. The highest BCUT2D eigenvalue weighted by molar-refractivity contribution is 6.30. The van der Waals surface area contributed by atoms with Gasteiger partial charge in [0.1, 0.15) is 5.69 Å². The molecule has 26 heavy (non-hydrogen) atoms. The number of carbonyl (C=O) groups is 1. The first-order valence-electron chi connectivity index (χ1n) is 8.51. The molecule has 5 heteroatoms. The minimum Gasteiger partial charge on any atom is -0.355 e. The van der Waals surface area contributed by atoms with Gasteiger partial charge in [-0.05, 0) is 60.9 Å². The van der Waals surface area contributed by atoms with E-state index in [4.69, 9.17) is 11.6 Å². The number of nitrogens with one attached hydrogen (secondary N) is 1. The van der Waals surface area contributed by atoms with Crippen LogP contribution in [0.25, 0.3) is 0 Å². The van der Waals surface area contributed by atoms with Crippen LogP contribution in [0, 0.1) is 6.92 Å². The van der Waals surface area contributed by atoms with E-state index >= 15 is 0 Å². The van der Waals surface area contributed by atoms with Crippen LogP contribution >= 0.6 is 11.6 Å². The van der Waals surface area contributed by atoms with Gasteiger partial charge in [-0.3, -0.25) is 9.78 Å². The lowest BCUT2D eigenvalue weighted by atomic mass is 10.2. The number of aryl methyl sites for hydroxylation is 1. The summed E-state index contributed by atoms with van der Waals surface area (Å²) < 4.78 is 0. The molecule has 2 aromatic carbocycles. The highest BCUT2D eigenvalue weighted by Crippen LogP contribution is 2.29. The number of amides is 1. The van der Waals surface area contributed by atoms with E-state index in [0.717, 1.165) is 29.0 Å². The van der Waals surface area contributed by atoms with Gasteiger partial charge in [-0.1, -0.05) is 29.8 Å². The van der Waals surface area contributed by atoms with Gasteiger partial charge in [0.25, 0.3) is 5.91 Å². The monoisotopic (exact) mass is 363 g/mol. The second kappa shape index (κ2) is 6.81. The number of pyridine rings is 1. The van der Waals surface area contributed by atoms with Crippen LogP contribution in [0.5, 0.6) is 0 Å². The average molecular weight is 364 g/mol. The van der Waals surface area contributed by atoms with Crippen LogP contribution < -0.4 is 10.2 Å². The minimum absolute atomic E-state index is 0.0774. The molecule has 0 unspecified atom stereocenters. The summed E-state index contributed by atoms with van der Waals surface area (Å²) in [6.45, 7) is 2.68. The van der Waals surface area contributed by atoms with Gasteiger partial charge in [0.15, 0.2) is 0 Å². The SMILES string of the molecule is Cc1cc(Cl)ccc1Nc1ccnc(C(=O)N2CCc3ccccc32)c1. The van der Waals surface area contributed by atoms with E-state index in [2.05, 4.69) is 16.4 Å². The van der Waals surface area contributed by atoms with E-state index in [1.807, 2.05) is 49.4 Å². The number of rotatable bonds is 3. The first-order chi connectivity index (χ1) is 12.6. The molecule has 1 amide bonds. The van der Waals surface area contributed by atoms with Crippen molar-refractivity contribution < 1.29 is 4.79 Å². The fraction of sp³-hybridized carbons (Fsp3) is 0.143. The van der Waals surface area contributed by atoms with Gasteiger partial charge in [-0.2, -0.15) is 0 Å². The van der Waals surface area contributed by atoms with Crippen LogP contribution in [0.2, 0.25) is 5.02 Å². The molecule has 130 valence electrons. The number of carbonyl (C=O) groups excluding carboxylic acids is 1. The van der Waals surface area contributed by atoms with Crippen LogP contribution in [0.3, 0.4) is 0 Å². The molecular formula is C21H18ClN3O. The highest BCUT2D eigenvalue weighted by Gasteiger charge is 2.26. The number of hydrogen-bond donors (Lipinski definition) is 1. The molecule has 0 spiro atoms. The molecule has 1 aliphatic heterocycles. The molecule has 1 aliphatic rings. The van der Waals surface area contributed by atoms with Crippen molar-refractivity contribution in [2.75, 3.05) is 16.8 Å². The summed E-state index contributed by atoms with van der Waals surface area (Å²) in [4.78, 5) is 19.0. The van der Waals surface area contributed by atoms with Crippen molar-refractivity contribution in [3.05, 3.63) is 82.6 Å². The van der Waals surface area contributed by atoms with Crippen LogP contribution in [0.15, 0.2) is 60.8 Å². The molecule has 0 bridgehead atoms. The summed E-state index contributed by atoms with van der Waals surface area (Å²) in [5.41, 5.74) is 5.42. The number of para-hydroxylation sites is 1. The fourth-order valence-corrected chi connectivity index (χ4v) is 3.46. The zero-order chi connectivity index (χ0) is 18.1. The quantitative estimate of drug-likeness (QED) is 0.713. The Kier molecular flexibility index (Phi) is 4.35. The number of anilines is 3. The van der Waals surface area contributed by atoms with Crippen LogP contribution in [0.1, 0.15) is 21.6 Å². The molecule has 1 N–H and O–H groups in total. The molecule has 0 saturated carbocycles. The third-order valence-corrected chi connectivity index (χ3v) is 4.81. The number of aromatic nitrogens is 1. The Balaban J connectivity index is 1.59. The lowest BCUT2D eigenvalue weighted by Gasteiger charge is -2.17. The molecule has 0 saturated heterocycles. The van der Waals surface area contributed by atoms with Crippen molar-refractivity contribution in [2.24, 2.45) is 0 Å². The van der Waals surface area contributed by atoms with Gasteiger partial charge in [-0.25, -0.2) is 0 Å². The smallest absolute Gasteiger partial charge is 0.276 e. The molecule has 3 aromatic rings. The topological polar surface area (TPSA) is 45.2 Å². The predicted octanol–water partition coefficient (Wildman–Crippen LogP) is 4.99. The summed E-state index contributed by atoms with van der Waals surface area (Å²) in [5, 5.41) is 4.04. The number of benzene rings is 2. The summed E-state index contributed by atoms with van der Waals surface area (Å²) in [5.74, 6) is -0.0774. The van der Waals surface area contributed by atoms with Crippen molar-refractivity contribution in [3.8, 4) is 0 Å². The maximum absolute atomic E-state index is 12.9. The van der Waals surface area contributed by atoms with Gasteiger partial charge in [0.05, 0.1) is 0 Å². The zero-order valence-corrected chi connectivity index (χ0v) is 15.1. The first kappa shape index (κ1) is 16.6. The first-order valence-corrected chi connectivity index (χ1v) is 8.88. The average Bonchev–Trinajstić information content (AvgIpc) is 3.08. The zero-order valence-electron chi connectivity index (χ0n) is 14.4. The third kappa shape index (κ3) is 3.16. The Morgan fingerprint density at radius 2 is 2.00 bits per heavy atom. The number of hydrogen-bond acceptors (Lipinski definition) is 3.